The second kappa shape index (κ2) is 8.29. The molecule has 0 atom stereocenters. The summed E-state index contributed by atoms with van der Waals surface area (Å²) >= 11 is 0. The first-order chi connectivity index (χ1) is 11.9. The van der Waals surface area contributed by atoms with Crippen LogP contribution in [0, 0.1) is 6.92 Å². The van der Waals surface area contributed by atoms with Gasteiger partial charge in [0.25, 0.3) is 10.0 Å². The normalized spacial score (nSPS) is 10.9. The standard InChI is InChI=1S/C15H19N5O4S/c1-11-2-4-13(5-3-11)25(23,24)20-15(22)18-9-14(21)17-7-6-12-8-16-10-19-12/h2-5,8,10H,6-7,9H2,1H3,(H,16,19)(H,17,21)(H2,18,20,22). The lowest BCUT2D eigenvalue weighted by atomic mass is 10.2. The maximum absolute atomic E-state index is 12.0. The number of imidazole rings is 1. The van der Waals surface area contributed by atoms with E-state index in [9.17, 15) is 18.0 Å². The van der Waals surface area contributed by atoms with Gasteiger partial charge in [-0.15, -0.1) is 0 Å². The third-order valence-corrected chi connectivity index (χ3v) is 4.59. The van der Waals surface area contributed by atoms with Crippen molar-refractivity contribution in [1.29, 1.82) is 0 Å². The molecule has 1 heterocycles. The molecule has 134 valence electrons. The molecule has 2 rings (SSSR count). The Bertz CT molecular complexity index is 816. The lowest BCUT2D eigenvalue weighted by molar-refractivity contribution is -0.120. The van der Waals surface area contributed by atoms with Crippen LogP contribution in [0.15, 0.2) is 41.7 Å². The minimum absolute atomic E-state index is 0.0303. The van der Waals surface area contributed by atoms with E-state index >= 15 is 0 Å². The van der Waals surface area contributed by atoms with E-state index in [0.29, 0.717) is 13.0 Å². The van der Waals surface area contributed by atoms with Gasteiger partial charge in [-0.3, -0.25) is 4.79 Å². The molecule has 3 amide bonds. The third kappa shape index (κ3) is 5.92. The number of sulfonamides is 1. The summed E-state index contributed by atoms with van der Waals surface area (Å²) < 4.78 is 25.9. The summed E-state index contributed by atoms with van der Waals surface area (Å²) in [6.07, 6.45) is 3.76. The van der Waals surface area contributed by atoms with Crippen molar-refractivity contribution in [3.63, 3.8) is 0 Å². The van der Waals surface area contributed by atoms with Crippen molar-refractivity contribution in [2.45, 2.75) is 18.2 Å². The fraction of sp³-hybridized carbons (Fsp3) is 0.267. The fourth-order valence-corrected chi connectivity index (χ4v) is 2.84. The number of nitrogens with zero attached hydrogens (tertiary/aromatic N) is 1. The van der Waals surface area contributed by atoms with Gasteiger partial charge in [-0.05, 0) is 19.1 Å². The molecule has 1 aromatic carbocycles. The first kappa shape index (κ1) is 18.5. The van der Waals surface area contributed by atoms with Gasteiger partial charge in [0.2, 0.25) is 5.91 Å². The Morgan fingerprint density at radius 1 is 1.16 bits per heavy atom. The predicted molar refractivity (Wildman–Crippen MR) is 90.2 cm³/mol. The molecule has 0 fully saturated rings. The highest BCUT2D eigenvalue weighted by Gasteiger charge is 2.17. The number of hydrogen-bond acceptors (Lipinski definition) is 5. The maximum atomic E-state index is 12.0. The Labute approximate surface area is 145 Å². The average Bonchev–Trinajstić information content (AvgIpc) is 3.06. The Hall–Kier alpha value is -2.88. The minimum Gasteiger partial charge on any atom is -0.354 e. The zero-order valence-electron chi connectivity index (χ0n) is 13.6. The highest BCUT2D eigenvalue weighted by molar-refractivity contribution is 7.90. The number of carbonyl (C=O) groups excluding carboxylic acids is 2. The highest BCUT2D eigenvalue weighted by atomic mass is 32.2. The van der Waals surface area contributed by atoms with Crippen molar-refractivity contribution < 1.29 is 18.0 Å². The van der Waals surface area contributed by atoms with Crippen LogP contribution >= 0.6 is 0 Å². The highest BCUT2D eigenvalue weighted by Crippen LogP contribution is 2.09. The lowest BCUT2D eigenvalue weighted by Crippen LogP contribution is -2.44. The summed E-state index contributed by atoms with van der Waals surface area (Å²) in [7, 11) is -3.98. The monoisotopic (exact) mass is 365 g/mol. The van der Waals surface area contributed by atoms with Gasteiger partial charge < -0.3 is 15.6 Å². The predicted octanol–water partition coefficient (Wildman–Crippen LogP) is 0.0649. The Morgan fingerprint density at radius 2 is 1.88 bits per heavy atom. The van der Waals surface area contributed by atoms with Crippen molar-refractivity contribution in [3.05, 3.63) is 48.0 Å². The SMILES string of the molecule is Cc1ccc(S(=O)(=O)NC(=O)NCC(=O)NCCc2cnc[nH]2)cc1. The van der Waals surface area contributed by atoms with Gasteiger partial charge in [-0.1, -0.05) is 17.7 Å². The summed E-state index contributed by atoms with van der Waals surface area (Å²) in [4.78, 5) is 30.0. The van der Waals surface area contributed by atoms with E-state index in [0.717, 1.165) is 11.3 Å². The van der Waals surface area contributed by atoms with Gasteiger partial charge in [0.1, 0.15) is 0 Å². The average molecular weight is 365 g/mol. The zero-order valence-corrected chi connectivity index (χ0v) is 14.4. The quantitative estimate of drug-likeness (QED) is 0.551. The van der Waals surface area contributed by atoms with Crippen LogP contribution < -0.4 is 15.4 Å². The van der Waals surface area contributed by atoms with E-state index in [4.69, 9.17) is 0 Å². The van der Waals surface area contributed by atoms with Crippen molar-refractivity contribution in [3.8, 4) is 0 Å². The van der Waals surface area contributed by atoms with Crippen LogP contribution in [0.25, 0.3) is 0 Å². The number of aryl methyl sites for hydroxylation is 1. The molecule has 0 saturated heterocycles. The van der Waals surface area contributed by atoms with Gasteiger partial charge in [0.15, 0.2) is 0 Å². The van der Waals surface area contributed by atoms with E-state index in [1.54, 1.807) is 18.3 Å². The van der Waals surface area contributed by atoms with Crippen molar-refractivity contribution in [2.24, 2.45) is 0 Å². The van der Waals surface area contributed by atoms with E-state index < -0.39 is 22.0 Å². The first-order valence-corrected chi connectivity index (χ1v) is 8.96. The molecule has 9 nitrogen and oxygen atoms in total. The number of hydrogen-bond donors (Lipinski definition) is 4. The lowest BCUT2D eigenvalue weighted by Gasteiger charge is -2.09. The topological polar surface area (TPSA) is 133 Å². The Balaban J connectivity index is 1.74. The number of H-pyrrole nitrogens is 1. The Morgan fingerprint density at radius 3 is 2.52 bits per heavy atom. The minimum atomic E-state index is -3.98. The molecule has 1 aromatic heterocycles. The van der Waals surface area contributed by atoms with Crippen LogP contribution in [0.5, 0.6) is 0 Å². The third-order valence-electron chi connectivity index (χ3n) is 3.24. The molecule has 0 aliphatic rings. The van der Waals surface area contributed by atoms with E-state index in [1.807, 2.05) is 11.6 Å². The fourth-order valence-electron chi connectivity index (χ4n) is 1.92. The van der Waals surface area contributed by atoms with Crippen LogP contribution in [-0.4, -0.2) is 43.4 Å². The smallest absolute Gasteiger partial charge is 0.329 e. The number of aromatic amines is 1. The molecule has 0 radical (unpaired) electrons. The van der Waals surface area contributed by atoms with Gasteiger partial charge in [-0.25, -0.2) is 22.9 Å². The number of rotatable bonds is 7. The summed E-state index contributed by atoms with van der Waals surface area (Å²) in [5.74, 6) is -0.428. The van der Waals surface area contributed by atoms with Gasteiger partial charge in [-0.2, -0.15) is 0 Å². The van der Waals surface area contributed by atoms with E-state index in [-0.39, 0.29) is 11.4 Å². The van der Waals surface area contributed by atoms with Crippen LogP contribution in [0.1, 0.15) is 11.3 Å². The molecular weight excluding hydrogens is 346 g/mol. The summed E-state index contributed by atoms with van der Waals surface area (Å²) in [6, 6.07) is 5.07. The first-order valence-electron chi connectivity index (χ1n) is 7.48. The molecule has 0 bridgehead atoms. The number of carbonyl (C=O) groups is 2. The second-order valence-electron chi connectivity index (χ2n) is 5.28. The number of benzene rings is 1. The number of aromatic nitrogens is 2. The number of amides is 3. The van der Waals surface area contributed by atoms with E-state index in [1.165, 1.54) is 18.5 Å². The van der Waals surface area contributed by atoms with Gasteiger partial charge in [0, 0.05) is 24.9 Å². The molecule has 0 saturated carbocycles. The van der Waals surface area contributed by atoms with Crippen molar-refractivity contribution in [2.75, 3.05) is 13.1 Å². The Kier molecular flexibility index (Phi) is 6.12. The zero-order chi connectivity index (χ0) is 18.3. The summed E-state index contributed by atoms with van der Waals surface area (Å²) in [5.41, 5.74) is 1.77. The van der Waals surface area contributed by atoms with Crippen LogP contribution in [0.3, 0.4) is 0 Å². The van der Waals surface area contributed by atoms with Crippen LogP contribution in [0.2, 0.25) is 0 Å². The molecule has 0 aliphatic carbocycles. The number of urea groups is 1. The molecular formula is C15H19N5O4S. The molecule has 4 N–H and O–H groups in total. The second-order valence-corrected chi connectivity index (χ2v) is 6.96. The largest absolute Gasteiger partial charge is 0.354 e. The molecule has 0 spiro atoms. The molecule has 25 heavy (non-hydrogen) atoms. The van der Waals surface area contributed by atoms with Crippen LogP contribution in [0.4, 0.5) is 4.79 Å². The van der Waals surface area contributed by atoms with Gasteiger partial charge >= 0.3 is 6.03 Å². The number of nitrogens with one attached hydrogen (secondary N) is 4. The molecule has 2 aromatic rings. The molecule has 10 heteroatoms. The van der Waals surface area contributed by atoms with Crippen molar-refractivity contribution >= 4 is 22.0 Å². The summed E-state index contributed by atoms with van der Waals surface area (Å²) in [6.45, 7) is 1.85. The maximum Gasteiger partial charge on any atom is 0.329 e. The van der Waals surface area contributed by atoms with E-state index in [2.05, 4.69) is 20.6 Å². The summed E-state index contributed by atoms with van der Waals surface area (Å²) in [5, 5.41) is 4.80. The molecule has 0 unspecified atom stereocenters. The van der Waals surface area contributed by atoms with Gasteiger partial charge in [0.05, 0.1) is 17.8 Å². The van der Waals surface area contributed by atoms with Crippen LogP contribution in [-0.2, 0) is 21.2 Å². The van der Waals surface area contributed by atoms with Crippen molar-refractivity contribution in [1.82, 2.24) is 25.3 Å². The molecule has 0 aliphatic heterocycles.